The molecule has 2 unspecified atom stereocenters. The van der Waals surface area contributed by atoms with Gasteiger partial charge in [-0.05, 0) is 24.6 Å². The van der Waals surface area contributed by atoms with Crippen molar-refractivity contribution in [2.45, 2.75) is 19.2 Å². The van der Waals surface area contributed by atoms with Crippen molar-refractivity contribution in [1.82, 2.24) is 15.2 Å². The highest BCUT2D eigenvalue weighted by molar-refractivity contribution is 5.43. The number of hydrogen-bond donors (Lipinski definition) is 4. The van der Waals surface area contributed by atoms with Gasteiger partial charge in [-0.2, -0.15) is 5.10 Å². The van der Waals surface area contributed by atoms with E-state index in [2.05, 4.69) is 16.0 Å². The molecule has 1 aromatic heterocycles. The second-order valence-electron chi connectivity index (χ2n) is 4.34. The van der Waals surface area contributed by atoms with E-state index in [1.165, 1.54) is 0 Å². The summed E-state index contributed by atoms with van der Waals surface area (Å²) in [7, 11) is 0. The summed E-state index contributed by atoms with van der Waals surface area (Å²) in [4.78, 5) is 0. The van der Waals surface area contributed by atoms with Crippen LogP contribution in [0.15, 0.2) is 30.3 Å². The topological polar surface area (TPSA) is 82.3 Å². The number of aliphatic hydroxyl groups is 1. The number of aromatic nitrogens is 2. The van der Waals surface area contributed by atoms with Gasteiger partial charge in [0.25, 0.3) is 0 Å². The number of rotatable bonds is 2. The molecule has 3 rings (SSSR count). The Labute approximate surface area is 104 Å². The molecule has 1 aromatic carbocycles. The number of nitrogens with zero attached hydrogens (tertiary/aromatic N) is 2. The predicted molar refractivity (Wildman–Crippen MR) is 65.9 cm³/mol. The number of phenolic OH excluding ortho intramolecular Hbond substituents is 1. The number of nitrogens with one attached hydrogen (secondary N) is 2. The van der Waals surface area contributed by atoms with Crippen LogP contribution in [0.4, 0.5) is 5.82 Å². The van der Waals surface area contributed by atoms with Crippen LogP contribution in [-0.2, 0) is 0 Å². The highest BCUT2D eigenvalue weighted by Gasteiger charge is 2.25. The third-order valence-corrected chi connectivity index (χ3v) is 2.97. The van der Waals surface area contributed by atoms with Crippen molar-refractivity contribution >= 4 is 5.82 Å². The van der Waals surface area contributed by atoms with E-state index in [0.29, 0.717) is 5.69 Å². The molecule has 2 heterocycles. The fourth-order valence-electron chi connectivity index (χ4n) is 1.99. The van der Waals surface area contributed by atoms with Crippen LogP contribution in [0.2, 0.25) is 0 Å². The lowest BCUT2D eigenvalue weighted by molar-refractivity contribution is 0.192. The average Bonchev–Trinajstić information content (AvgIpc) is 2.89. The molecule has 94 valence electrons. The summed E-state index contributed by atoms with van der Waals surface area (Å²) in [6.07, 6.45) is -0.738. The molecule has 1 aliphatic rings. The molecule has 6 nitrogen and oxygen atoms in total. The van der Waals surface area contributed by atoms with Gasteiger partial charge < -0.3 is 15.6 Å². The number of phenols is 1. The first kappa shape index (κ1) is 11.1. The van der Waals surface area contributed by atoms with Crippen molar-refractivity contribution < 1.29 is 10.2 Å². The van der Waals surface area contributed by atoms with E-state index in [9.17, 15) is 10.2 Å². The zero-order valence-electron chi connectivity index (χ0n) is 9.83. The minimum absolute atomic E-state index is 0.145. The lowest BCUT2D eigenvalue weighted by atomic mass is 10.2. The van der Waals surface area contributed by atoms with Crippen LogP contribution in [0, 0.1) is 0 Å². The van der Waals surface area contributed by atoms with Gasteiger partial charge in [0, 0.05) is 6.07 Å². The quantitative estimate of drug-likeness (QED) is 0.638. The standard InChI is InChI=1S/C12H14N4O2/c1-7(17)10-6-11-13-14-12(16(11)15-10)8-2-4-9(18)5-3-8/h2-7,12-14,17-18H,1H3. The summed E-state index contributed by atoms with van der Waals surface area (Å²) < 4.78 is 1.77. The maximum absolute atomic E-state index is 9.52. The number of hydrogen-bond acceptors (Lipinski definition) is 5. The number of hydrazine groups is 1. The Balaban J connectivity index is 1.96. The number of aromatic hydroxyl groups is 1. The van der Waals surface area contributed by atoms with Crippen LogP contribution in [0.25, 0.3) is 0 Å². The largest absolute Gasteiger partial charge is 0.508 e. The van der Waals surface area contributed by atoms with Crippen molar-refractivity contribution in [3.63, 3.8) is 0 Å². The highest BCUT2D eigenvalue weighted by Crippen LogP contribution is 2.28. The van der Waals surface area contributed by atoms with Crippen molar-refractivity contribution in [2.75, 3.05) is 5.43 Å². The fourth-order valence-corrected chi connectivity index (χ4v) is 1.99. The summed E-state index contributed by atoms with van der Waals surface area (Å²) in [6.45, 7) is 1.68. The Hall–Kier alpha value is -2.05. The SMILES string of the molecule is CC(O)c1cc2n(n1)C(c1ccc(O)cc1)NN2. The molecule has 0 saturated carbocycles. The molecule has 0 amide bonds. The molecule has 0 saturated heterocycles. The van der Waals surface area contributed by atoms with E-state index < -0.39 is 6.10 Å². The van der Waals surface area contributed by atoms with Gasteiger partial charge in [0.2, 0.25) is 0 Å². The minimum Gasteiger partial charge on any atom is -0.508 e. The molecule has 6 heteroatoms. The van der Waals surface area contributed by atoms with Crippen molar-refractivity contribution in [1.29, 1.82) is 0 Å². The number of aliphatic hydroxyl groups excluding tert-OH is 1. The Morgan fingerprint density at radius 3 is 2.72 bits per heavy atom. The van der Waals surface area contributed by atoms with E-state index in [1.54, 1.807) is 29.8 Å². The first-order chi connectivity index (χ1) is 8.65. The molecule has 1 aliphatic heterocycles. The van der Waals surface area contributed by atoms with Crippen LogP contribution >= 0.6 is 0 Å². The van der Waals surface area contributed by atoms with Crippen molar-refractivity contribution in [2.24, 2.45) is 0 Å². The maximum atomic E-state index is 9.52. The number of fused-ring (bicyclic) bond motifs is 1. The van der Waals surface area contributed by atoms with Gasteiger partial charge in [-0.25, -0.2) is 10.1 Å². The van der Waals surface area contributed by atoms with E-state index >= 15 is 0 Å². The van der Waals surface area contributed by atoms with E-state index in [-0.39, 0.29) is 11.9 Å². The van der Waals surface area contributed by atoms with Crippen LogP contribution in [-0.4, -0.2) is 20.0 Å². The van der Waals surface area contributed by atoms with Crippen LogP contribution in [0.5, 0.6) is 5.75 Å². The lowest BCUT2D eigenvalue weighted by Crippen LogP contribution is -2.23. The molecule has 0 bridgehead atoms. The van der Waals surface area contributed by atoms with Gasteiger partial charge in [-0.3, -0.25) is 0 Å². The predicted octanol–water partition coefficient (Wildman–Crippen LogP) is 1.12. The molecule has 4 N–H and O–H groups in total. The molecule has 0 spiro atoms. The van der Waals surface area contributed by atoms with Gasteiger partial charge >= 0.3 is 0 Å². The second kappa shape index (κ2) is 4.01. The third-order valence-electron chi connectivity index (χ3n) is 2.97. The Bertz CT molecular complexity index is 562. The van der Waals surface area contributed by atoms with Gasteiger partial charge in [0.1, 0.15) is 17.7 Å². The zero-order valence-corrected chi connectivity index (χ0v) is 9.83. The number of anilines is 1. The normalized spacial score (nSPS) is 19.3. The molecular weight excluding hydrogens is 232 g/mol. The average molecular weight is 246 g/mol. The zero-order chi connectivity index (χ0) is 12.7. The van der Waals surface area contributed by atoms with E-state index in [1.807, 2.05) is 12.1 Å². The summed E-state index contributed by atoms with van der Waals surface area (Å²) >= 11 is 0. The van der Waals surface area contributed by atoms with Gasteiger partial charge in [0.05, 0.1) is 11.8 Å². The highest BCUT2D eigenvalue weighted by atomic mass is 16.3. The molecule has 0 fully saturated rings. The molecular formula is C12H14N4O2. The molecule has 0 radical (unpaired) electrons. The van der Waals surface area contributed by atoms with Gasteiger partial charge in [0.15, 0.2) is 0 Å². The van der Waals surface area contributed by atoms with E-state index in [0.717, 1.165) is 11.4 Å². The molecule has 2 atom stereocenters. The third kappa shape index (κ3) is 1.71. The smallest absolute Gasteiger partial charge is 0.146 e. The van der Waals surface area contributed by atoms with Gasteiger partial charge in [-0.1, -0.05) is 12.1 Å². The van der Waals surface area contributed by atoms with Crippen LogP contribution in [0.1, 0.15) is 30.5 Å². The van der Waals surface area contributed by atoms with Crippen LogP contribution in [0.3, 0.4) is 0 Å². The Morgan fingerprint density at radius 1 is 1.33 bits per heavy atom. The first-order valence-electron chi connectivity index (χ1n) is 5.73. The second-order valence-corrected chi connectivity index (χ2v) is 4.34. The summed E-state index contributed by atoms with van der Waals surface area (Å²) in [5, 5.41) is 23.1. The van der Waals surface area contributed by atoms with Gasteiger partial charge in [-0.15, -0.1) is 0 Å². The molecule has 18 heavy (non-hydrogen) atoms. The first-order valence-corrected chi connectivity index (χ1v) is 5.73. The van der Waals surface area contributed by atoms with Crippen LogP contribution < -0.4 is 10.9 Å². The lowest BCUT2D eigenvalue weighted by Gasteiger charge is -2.12. The number of benzene rings is 1. The Morgan fingerprint density at radius 2 is 2.06 bits per heavy atom. The van der Waals surface area contributed by atoms with E-state index in [4.69, 9.17) is 0 Å². The van der Waals surface area contributed by atoms with Crippen molar-refractivity contribution in [3.8, 4) is 5.75 Å². The Kier molecular flexibility index (Phi) is 2.46. The monoisotopic (exact) mass is 246 g/mol. The summed E-state index contributed by atoms with van der Waals surface area (Å²) in [5.41, 5.74) is 7.71. The minimum atomic E-state index is -0.592. The molecule has 2 aromatic rings. The summed E-state index contributed by atoms with van der Waals surface area (Å²) in [6, 6.07) is 8.72. The fraction of sp³-hybridized carbons (Fsp3) is 0.250. The van der Waals surface area contributed by atoms with Crippen molar-refractivity contribution in [3.05, 3.63) is 41.6 Å². The summed E-state index contributed by atoms with van der Waals surface area (Å²) in [5.74, 6) is 1.04. The molecule has 0 aliphatic carbocycles. The maximum Gasteiger partial charge on any atom is 0.146 e.